The van der Waals surface area contributed by atoms with Crippen LogP contribution in [0.4, 0.5) is 0 Å². The second kappa shape index (κ2) is 5.13. The lowest BCUT2D eigenvalue weighted by molar-refractivity contribution is -0.116. The molecule has 0 saturated carbocycles. The molecule has 70 valence electrons. The molecule has 0 amide bonds. The average Bonchev–Trinajstić information content (AvgIpc) is 2.05. The molecule has 1 atom stereocenters. The number of unbranched alkanes of at least 4 members (excludes halogenated alkanes) is 1. The number of carbonyl (C=O) groups is 1. The van der Waals surface area contributed by atoms with Crippen molar-refractivity contribution in [3.8, 4) is 0 Å². The number of carbonyl (C=O) groups excluding carboxylic acids is 1. The van der Waals surface area contributed by atoms with Crippen LogP contribution in [0.25, 0.3) is 0 Å². The first-order chi connectivity index (χ1) is 5.58. The van der Waals surface area contributed by atoms with Crippen LogP contribution in [0.2, 0.25) is 0 Å². The van der Waals surface area contributed by atoms with E-state index in [4.69, 9.17) is 0 Å². The Morgan fingerprint density at radius 2 is 2.08 bits per heavy atom. The predicted octanol–water partition coefficient (Wildman–Crippen LogP) is 3.20. The molecule has 1 nitrogen and oxygen atoms in total. The number of allylic oxidation sites excluding steroid dienone is 1. The summed E-state index contributed by atoms with van der Waals surface area (Å²) in [7, 11) is 0. The van der Waals surface area contributed by atoms with Crippen LogP contribution in [0.15, 0.2) is 12.7 Å². The number of hydrogen-bond acceptors (Lipinski definition) is 1. The normalized spacial score (nSPS) is 13.9. The molecule has 0 fully saturated rings. The quantitative estimate of drug-likeness (QED) is 0.439. The minimum absolute atomic E-state index is 0.239. The van der Waals surface area contributed by atoms with Crippen LogP contribution in [0.1, 0.15) is 40.0 Å². The van der Waals surface area contributed by atoms with Gasteiger partial charge >= 0.3 is 0 Å². The molecule has 0 aliphatic rings. The van der Waals surface area contributed by atoms with E-state index in [1.807, 2.05) is 19.9 Å². The van der Waals surface area contributed by atoms with E-state index in [9.17, 15) is 4.79 Å². The summed E-state index contributed by atoms with van der Waals surface area (Å²) in [6.07, 6.45) is 6.37. The summed E-state index contributed by atoms with van der Waals surface area (Å²) >= 11 is 0. The van der Waals surface area contributed by atoms with E-state index < -0.39 is 0 Å². The summed E-state index contributed by atoms with van der Waals surface area (Å²) in [6.45, 7) is 9.88. The van der Waals surface area contributed by atoms with Crippen LogP contribution in [-0.2, 0) is 4.79 Å². The lowest BCUT2D eigenvalue weighted by Crippen LogP contribution is -2.23. The first kappa shape index (κ1) is 11.4. The molecular formula is C11H20O. The van der Waals surface area contributed by atoms with Gasteiger partial charge in [-0.15, -0.1) is 6.58 Å². The van der Waals surface area contributed by atoms with Crippen LogP contribution in [0.3, 0.4) is 0 Å². The van der Waals surface area contributed by atoms with E-state index in [1.165, 1.54) is 12.8 Å². The van der Waals surface area contributed by atoms with E-state index in [0.29, 0.717) is 5.92 Å². The highest BCUT2D eigenvalue weighted by molar-refractivity contribution is 5.59. The zero-order valence-electron chi connectivity index (χ0n) is 8.47. The van der Waals surface area contributed by atoms with Crippen molar-refractivity contribution in [1.29, 1.82) is 0 Å². The molecule has 0 rings (SSSR count). The summed E-state index contributed by atoms with van der Waals surface area (Å²) in [6, 6.07) is 0. The van der Waals surface area contributed by atoms with Crippen LogP contribution >= 0.6 is 0 Å². The van der Waals surface area contributed by atoms with Crippen molar-refractivity contribution in [3.63, 3.8) is 0 Å². The van der Waals surface area contributed by atoms with Crippen molar-refractivity contribution in [2.24, 2.45) is 11.3 Å². The van der Waals surface area contributed by atoms with Gasteiger partial charge in [0.25, 0.3) is 0 Å². The minimum atomic E-state index is -0.239. The second-order valence-electron chi connectivity index (χ2n) is 3.92. The van der Waals surface area contributed by atoms with Crippen LogP contribution in [0, 0.1) is 11.3 Å². The summed E-state index contributed by atoms with van der Waals surface area (Å²) in [5, 5.41) is 0. The molecule has 0 saturated heterocycles. The maximum absolute atomic E-state index is 10.7. The third kappa shape index (κ3) is 3.21. The lowest BCUT2D eigenvalue weighted by Gasteiger charge is -2.26. The van der Waals surface area contributed by atoms with E-state index >= 15 is 0 Å². The van der Waals surface area contributed by atoms with Gasteiger partial charge in [-0.25, -0.2) is 0 Å². The van der Waals surface area contributed by atoms with E-state index in [1.54, 1.807) is 0 Å². The van der Waals surface area contributed by atoms with Crippen molar-refractivity contribution >= 4 is 6.29 Å². The van der Waals surface area contributed by atoms with Gasteiger partial charge in [-0.1, -0.05) is 39.7 Å². The fourth-order valence-corrected chi connectivity index (χ4v) is 1.31. The molecule has 0 N–H and O–H groups in total. The molecule has 12 heavy (non-hydrogen) atoms. The molecule has 0 bridgehead atoms. The van der Waals surface area contributed by atoms with Gasteiger partial charge in [0.15, 0.2) is 0 Å². The Bertz CT molecular complexity index is 147. The summed E-state index contributed by atoms with van der Waals surface area (Å²) < 4.78 is 0. The highest BCUT2D eigenvalue weighted by Crippen LogP contribution is 2.29. The van der Waals surface area contributed by atoms with E-state index in [-0.39, 0.29) is 5.41 Å². The monoisotopic (exact) mass is 168 g/mol. The smallest absolute Gasteiger partial charge is 0.126 e. The third-order valence-corrected chi connectivity index (χ3v) is 2.41. The van der Waals surface area contributed by atoms with Crippen LogP contribution in [0.5, 0.6) is 0 Å². The van der Waals surface area contributed by atoms with Crippen molar-refractivity contribution < 1.29 is 4.79 Å². The van der Waals surface area contributed by atoms with Gasteiger partial charge in [-0.2, -0.15) is 0 Å². The Hall–Kier alpha value is -0.590. The average molecular weight is 168 g/mol. The lowest BCUT2D eigenvalue weighted by atomic mass is 9.77. The molecule has 1 heteroatoms. The van der Waals surface area contributed by atoms with Gasteiger partial charge in [-0.05, 0) is 12.3 Å². The van der Waals surface area contributed by atoms with Crippen molar-refractivity contribution in [1.82, 2.24) is 0 Å². The number of aldehydes is 1. The molecule has 0 spiro atoms. The van der Waals surface area contributed by atoms with Gasteiger partial charge in [0, 0.05) is 5.41 Å². The van der Waals surface area contributed by atoms with Crippen LogP contribution < -0.4 is 0 Å². The maximum atomic E-state index is 10.7. The molecule has 0 radical (unpaired) electrons. The molecule has 0 aromatic carbocycles. The van der Waals surface area contributed by atoms with Gasteiger partial charge in [0.05, 0.1) is 0 Å². The molecular weight excluding hydrogens is 148 g/mol. The molecule has 0 heterocycles. The molecule has 0 aliphatic heterocycles. The fourth-order valence-electron chi connectivity index (χ4n) is 1.31. The number of rotatable bonds is 6. The highest BCUT2D eigenvalue weighted by Gasteiger charge is 2.25. The highest BCUT2D eigenvalue weighted by atomic mass is 16.1. The molecule has 0 aliphatic carbocycles. The van der Waals surface area contributed by atoms with Gasteiger partial charge in [0.1, 0.15) is 6.29 Å². The van der Waals surface area contributed by atoms with E-state index in [0.717, 1.165) is 12.7 Å². The van der Waals surface area contributed by atoms with Gasteiger partial charge in [-0.3, -0.25) is 0 Å². The molecule has 0 aromatic heterocycles. The Morgan fingerprint density at radius 1 is 1.50 bits per heavy atom. The Labute approximate surface area is 75.9 Å². The SMILES string of the molecule is C=CC(CCCC)C(C)(C)C=O. The van der Waals surface area contributed by atoms with E-state index in [2.05, 4.69) is 13.5 Å². The Morgan fingerprint density at radius 3 is 2.42 bits per heavy atom. The Kier molecular flexibility index (Phi) is 4.87. The largest absolute Gasteiger partial charge is 0.303 e. The topological polar surface area (TPSA) is 17.1 Å². The maximum Gasteiger partial charge on any atom is 0.126 e. The van der Waals surface area contributed by atoms with Gasteiger partial charge in [0.2, 0.25) is 0 Å². The standard InChI is InChI=1S/C11H20O/c1-5-7-8-10(6-2)11(3,4)9-12/h6,9-10H,2,5,7-8H2,1,3-4H3. The number of hydrogen-bond donors (Lipinski definition) is 0. The fraction of sp³-hybridized carbons (Fsp3) is 0.727. The van der Waals surface area contributed by atoms with Crippen molar-refractivity contribution in [3.05, 3.63) is 12.7 Å². The summed E-state index contributed by atoms with van der Waals surface area (Å²) in [5.41, 5.74) is -0.239. The molecule has 1 unspecified atom stereocenters. The third-order valence-electron chi connectivity index (χ3n) is 2.41. The minimum Gasteiger partial charge on any atom is -0.303 e. The first-order valence-corrected chi connectivity index (χ1v) is 4.67. The zero-order valence-corrected chi connectivity index (χ0v) is 8.47. The van der Waals surface area contributed by atoms with Crippen LogP contribution in [-0.4, -0.2) is 6.29 Å². The second-order valence-corrected chi connectivity index (χ2v) is 3.92. The summed E-state index contributed by atoms with van der Waals surface area (Å²) in [4.78, 5) is 10.7. The first-order valence-electron chi connectivity index (χ1n) is 4.67. The van der Waals surface area contributed by atoms with Crippen molar-refractivity contribution in [2.75, 3.05) is 0 Å². The zero-order chi connectivity index (χ0) is 9.61. The summed E-state index contributed by atoms with van der Waals surface area (Å²) in [5.74, 6) is 0.329. The van der Waals surface area contributed by atoms with Crippen molar-refractivity contribution in [2.45, 2.75) is 40.0 Å². The van der Waals surface area contributed by atoms with Gasteiger partial charge < -0.3 is 4.79 Å². The Balaban J connectivity index is 4.13. The molecule has 0 aromatic rings. The predicted molar refractivity (Wildman–Crippen MR) is 53.1 cm³/mol.